The van der Waals surface area contributed by atoms with Gasteiger partial charge in [0.2, 0.25) is 0 Å². The Bertz CT molecular complexity index is 756. The van der Waals surface area contributed by atoms with E-state index >= 15 is 0 Å². The minimum atomic E-state index is -1.46. The number of thiophene rings is 1. The van der Waals surface area contributed by atoms with E-state index in [1.54, 1.807) is 29.5 Å². The van der Waals surface area contributed by atoms with Crippen molar-refractivity contribution in [3.63, 3.8) is 0 Å². The third kappa shape index (κ3) is 2.98. The lowest BCUT2D eigenvalue weighted by molar-refractivity contribution is 0.0156. The average molecular weight is 337 g/mol. The van der Waals surface area contributed by atoms with Crippen molar-refractivity contribution in [3.05, 3.63) is 52.0 Å². The van der Waals surface area contributed by atoms with Crippen LogP contribution in [0.4, 0.5) is 4.39 Å². The van der Waals surface area contributed by atoms with Crippen molar-refractivity contribution in [1.82, 2.24) is 0 Å². The Balaban J connectivity index is 1.73. The van der Waals surface area contributed by atoms with Crippen LogP contribution in [0, 0.1) is 12.7 Å². The molecule has 1 aliphatic heterocycles. The van der Waals surface area contributed by atoms with Gasteiger partial charge in [0.1, 0.15) is 11.5 Å². The fraction of sp³-hybridized carbons (Fsp3) is 0.312. The van der Waals surface area contributed by atoms with Gasteiger partial charge >= 0.3 is 0 Å². The Morgan fingerprint density at radius 2 is 2.18 bits per heavy atom. The van der Waals surface area contributed by atoms with E-state index < -0.39 is 22.2 Å². The minimum absolute atomic E-state index is 0.214. The van der Waals surface area contributed by atoms with Crippen molar-refractivity contribution in [2.24, 2.45) is 5.16 Å². The molecule has 0 spiro atoms. The van der Waals surface area contributed by atoms with E-state index in [1.165, 1.54) is 6.07 Å². The van der Waals surface area contributed by atoms with Crippen molar-refractivity contribution in [2.75, 3.05) is 5.75 Å². The van der Waals surface area contributed by atoms with E-state index in [4.69, 9.17) is 4.84 Å². The number of hydrogen-bond donors (Lipinski definition) is 0. The molecule has 116 valence electrons. The normalized spacial score (nSPS) is 22.2. The summed E-state index contributed by atoms with van der Waals surface area (Å²) >= 11 is 1.62. The highest BCUT2D eigenvalue weighted by Gasteiger charge is 2.38. The van der Waals surface area contributed by atoms with Gasteiger partial charge in [-0.25, -0.2) is 4.39 Å². The molecule has 2 heterocycles. The number of aryl methyl sites for hydroxylation is 1. The summed E-state index contributed by atoms with van der Waals surface area (Å²) in [6, 6.07) is 8.18. The zero-order valence-electron chi connectivity index (χ0n) is 12.3. The first kappa shape index (κ1) is 15.4. The summed E-state index contributed by atoms with van der Waals surface area (Å²) in [6.45, 7) is 3.90. The van der Waals surface area contributed by atoms with Crippen molar-refractivity contribution < 1.29 is 13.4 Å². The molecule has 1 aromatic heterocycles. The summed E-state index contributed by atoms with van der Waals surface area (Å²) < 4.78 is 26.2. The van der Waals surface area contributed by atoms with E-state index in [2.05, 4.69) is 5.16 Å². The van der Waals surface area contributed by atoms with Crippen LogP contribution in [0.25, 0.3) is 0 Å². The zero-order chi connectivity index (χ0) is 15.7. The summed E-state index contributed by atoms with van der Waals surface area (Å²) in [5.74, 6) is -0.233. The molecule has 0 fully saturated rings. The maximum absolute atomic E-state index is 13.7. The first-order valence-electron chi connectivity index (χ1n) is 6.91. The number of rotatable bonds is 4. The molecule has 2 atom stereocenters. The highest BCUT2D eigenvalue weighted by molar-refractivity contribution is 7.85. The number of oxime groups is 1. The zero-order valence-corrected chi connectivity index (χ0v) is 14.0. The predicted molar refractivity (Wildman–Crippen MR) is 87.4 cm³/mol. The fourth-order valence-corrected chi connectivity index (χ4v) is 4.72. The predicted octanol–water partition coefficient (Wildman–Crippen LogP) is 3.89. The van der Waals surface area contributed by atoms with Crippen LogP contribution in [-0.4, -0.2) is 21.3 Å². The van der Waals surface area contributed by atoms with Crippen LogP contribution in [0.1, 0.15) is 23.8 Å². The SMILES string of the molecule is Cc1ccsc1C1=NOC(C)(CS(=O)c2ccccc2F)C1. The standard InChI is InChI=1S/C16H16FNO2S2/c1-11-7-8-21-15(11)13-9-16(2,20-18-13)10-22(19)14-6-4-3-5-12(14)17/h3-8H,9-10H2,1-2H3. The minimum Gasteiger partial charge on any atom is -0.388 e. The summed E-state index contributed by atoms with van der Waals surface area (Å²) in [6.07, 6.45) is 0.578. The second-order valence-corrected chi connectivity index (χ2v) is 7.94. The van der Waals surface area contributed by atoms with E-state index in [1.807, 2.05) is 25.3 Å². The Hall–Kier alpha value is -1.53. The lowest BCUT2D eigenvalue weighted by atomic mass is 10.0. The monoisotopic (exact) mass is 337 g/mol. The lowest BCUT2D eigenvalue weighted by Crippen LogP contribution is -2.32. The fourth-order valence-electron chi connectivity index (χ4n) is 2.44. The Morgan fingerprint density at radius 3 is 2.86 bits per heavy atom. The third-order valence-electron chi connectivity index (χ3n) is 3.56. The van der Waals surface area contributed by atoms with Crippen LogP contribution in [0.5, 0.6) is 0 Å². The van der Waals surface area contributed by atoms with Gasteiger partial charge in [0.05, 0.1) is 26.3 Å². The number of benzene rings is 1. The molecule has 2 unspecified atom stereocenters. The van der Waals surface area contributed by atoms with Gasteiger partial charge < -0.3 is 4.84 Å². The Morgan fingerprint density at radius 1 is 1.41 bits per heavy atom. The van der Waals surface area contributed by atoms with Gasteiger partial charge in [-0.15, -0.1) is 11.3 Å². The molecule has 2 aromatic rings. The first-order chi connectivity index (χ1) is 10.5. The maximum atomic E-state index is 13.7. The highest BCUT2D eigenvalue weighted by Crippen LogP contribution is 2.31. The van der Waals surface area contributed by atoms with Gasteiger partial charge in [0.15, 0.2) is 5.60 Å². The first-order valence-corrected chi connectivity index (χ1v) is 9.11. The van der Waals surface area contributed by atoms with Crippen LogP contribution in [0.15, 0.2) is 45.8 Å². The second-order valence-electron chi connectivity index (χ2n) is 5.61. The molecular formula is C16H16FNO2S2. The van der Waals surface area contributed by atoms with Crippen molar-refractivity contribution in [2.45, 2.75) is 30.8 Å². The summed E-state index contributed by atoms with van der Waals surface area (Å²) in [5.41, 5.74) is 1.37. The van der Waals surface area contributed by atoms with Crippen LogP contribution < -0.4 is 0 Å². The van der Waals surface area contributed by atoms with Gasteiger partial charge in [0.25, 0.3) is 0 Å². The van der Waals surface area contributed by atoms with E-state index in [0.29, 0.717) is 6.42 Å². The molecule has 0 radical (unpaired) electrons. The maximum Gasteiger partial charge on any atom is 0.152 e. The van der Waals surface area contributed by atoms with Gasteiger partial charge in [-0.05, 0) is 43.0 Å². The molecule has 3 rings (SSSR count). The molecule has 0 aliphatic carbocycles. The summed E-state index contributed by atoms with van der Waals surface area (Å²) in [5, 5.41) is 6.17. The second kappa shape index (κ2) is 5.93. The molecule has 1 aliphatic rings. The quantitative estimate of drug-likeness (QED) is 0.849. The van der Waals surface area contributed by atoms with Crippen LogP contribution >= 0.6 is 11.3 Å². The molecule has 0 saturated carbocycles. The molecule has 22 heavy (non-hydrogen) atoms. The van der Waals surface area contributed by atoms with Crippen LogP contribution in [0.3, 0.4) is 0 Å². The Kier molecular flexibility index (Phi) is 4.14. The van der Waals surface area contributed by atoms with Crippen molar-refractivity contribution in [1.29, 1.82) is 0 Å². The summed E-state index contributed by atoms with van der Waals surface area (Å²) in [4.78, 5) is 6.86. The molecule has 6 heteroatoms. The average Bonchev–Trinajstić information content (AvgIpc) is 3.05. The van der Waals surface area contributed by atoms with Crippen LogP contribution in [0.2, 0.25) is 0 Å². The molecule has 0 amide bonds. The molecule has 1 aromatic carbocycles. The molecule has 0 saturated heterocycles. The van der Waals surface area contributed by atoms with Gasteiger partial charge in [0, 0.05) is 6.42 Å². The van der Waals surface area contributed by atoms with Crippen molar-refractivity contribution >= 4 is 27.8 Å². The van der Waals surface area contributed by atoms with E-state index in [9.17, 15) is 8.60 Å². The topological polar surface area (TPSA) is 38.7 Å². The van der Waals surface area contributed by atoms with Gasteiger partial charge in [-0.2, -0.15) is 0 Å². The van der Waals surface area contributed by atoms with E-state index in [-0.39, 0.29) is 10.6 Å². The van der Waals surface area contributed by atoms with Gasteiger partial charge in [-0.1, -0.05) is 17.3 Å². The van der Waals surface area contributed by atoms with E-state index in [0.717, 1.165) is 16.2 Å². The third-order valence-corrected chi connectivity index (χ3v) is 6.32. The lowest BCUT2D eigenvalue weighted by Gasteiger charge is -2.20. The smallest absolute Gasteiger partial charge is 0.152 e. The van der Waals surface area contributed by atoms with Crippen molar-refractivity contribution in [3.8, 4) is 0 Å². The Labute approximate surface area is 135 Å². The molecule has 0 N–H and O–H groups in total. The number of nitrogens with zero attached hydrogens (tertiary/aromatic N) is 1. The molecular weight excluding hydrogens is 321 g/mol. The van der Waals surface area contributed by atoms with Gasteiger partial charge in [-0.3, -0.25) is 4.21 Å². The largest absolute Gasteiger partial charge is 0.388 e. The number of hydrogen-bond acceptors (Lipinski definition) is 4. The van der Waals surface area contributed by atoms with Crippen LogP contribution in [-0.2, 0) is 15.6 Å². The molecule has 3 nitrogen and oxygen atoms in total. The molecule has 0 bridgehead atoms. The number of halogens is 1. The summed E-state index contributed by atoms with van der Waals surface area (Å²) in [7, 11) is -1.46. The highest BCUT2D eigenvalue weighted by atomic mass is 32.2.